The third-order valence-electron chi connectivity index (χ3n) is 5.53. The van der Waals surface area contributed by atoms with E-state index in [9.17, 15) is 9.18 Å². The Bertz CT molecular complexity index is 1620. The number of allylic oxidation sites excluding steroid dienone is 1. The number of halogens is 2. The molecule has 5 rings (SSSR count). The number of hydrogen-bond donors (Lipinski definition) is 0. The van der Waals surface area contributed by atoms with Crippen molar-refractivity contribution in [1.82, 2.24) is 4.57 Å². The molecule has 0 bridgehead atoms. The van der Waals surface area contributed by atoms with Crippen molar-refractivity contribution in [2.45, 2.75) is 18.4 Å². The van der Waals surface area contributed by atoms with Crippen molar-refractivity contribution in [1.29, 1.82) is 0 Å². The van der Waals surface area contributed by atoms with E-state index < -0.39 is 0 Å². The van der Waals surface area contributed by atoms with Gasteiger partial charge in [0.05, 0.1) is 21.3 Å². The van der Waals surface area contributed by atoms with E-state index in [0.717, 1.165) is 35.5 Å². The van der Waals surface area contributed by atoms with Gasteiger partial charge >= 0.3 is 0 Å². The molecule has 0 saturated carbocycles. The lowest BCUT2D eigenvalue weighted by Crippen LogP contribution is -2.32. The number of thiazole rings is 2. The van der Waals surface area contributed by atoms with Gasteiger partial charge in [-0.15, -0.1) is 11.3 Å². The molecule has 0 unspecified atom stereocenters. The van der Waals surface area contributed by atoms with E-state index in [1.807, 2.05) is 56.3 Å². The van der Waals surface area contributed by atoms with Crippen LogP contribution < -0.4 is 24.2 Å². The summed E-state index contributed by atoms with van der Waals surface area (Å²) < 4.78 is 20.2. The molecule has 2 aromatic carbocycles. The first kappa shape index (κ1) is 22.4. The van der Waals surface area contributed by atoms with E-state index in [1.165, 1.54) is 23.5 Å². The molecule has 3 heterocycles. The van der Waals surface area contributed by atoms with Gasteiger partial charge in [-0.1, -0.05) is 34.7 Å². The number of benzene rings is 2. The summed E-state index contributed by atoms with van der Waals surface area (Å²) in [5.41, 5.74) is 1.89. The lowest BCUT2D eigenvalue weighted by Gasteiger charge is -2.12. The molecule has 0 radical (unpaired) electrons. The highest BCUT2D eigenvalue weighted by atomic mass is 35.5. The number of aryl methyl sites for hydroxylation is 1. The molecule has 1 aliphatic heterocycles. The first-order valence-corrected chi connectivity index (χ1v) is 13.1. The second-order valence-corrected chi connectivity index (χ2v) is 11.2. The van der Waals surface area contributed by atoms with Gasteiger partial charge in [0.1, 0.15) is 22.2 Å². The van der Waals surface area contributed by atoms with Gasteiger partial charge in [-0.3, -0.25) is 9.36 Å². The first-order chi connectivity index (χ1) is 15.9. The SMILES string of the molecule is CCn1c(=O)/c(=C/C=C2\Sc3ccc(F)cc3N2C)s/c1=C\c1sc2ccc(Cl)cc2[n+]1C. The smallest absolute Gasteiger partial charge is 0.269 e. The molecule has 0 saturated heterocycles. The summed E-state index contributed by atoms with van der Waals surface area (Å²) in [5, 5.41) is 2.70. The summed E-state index contributed by atoms with van der Waals surface area (Å²) in [6.45, 7) is 2.57. The number of anilines is 1. The van der Waals surface area contributed by atoms with Crippen LogP contribution in [0.1, 0.15) is 11.9 Å². The van der Waals surface area contributed by atoms with Crippen LogP contribution in [-0.4, -0.2) is 11.6 Å². The second kappa shape index (κ2) is 8.76. The minimum Gasteiger partial charge on any atom is -0.338 e. The molecule has 4 nitrogen and oxygen atoms in total. The monoisotopic (exact) mass is 516 g/mol. The van der Waals surface area contributed by atoms with Crippen LogP contribution in [-0.2, 0) is 13.6 Å². The van der Waals surface area contributed by atoms with Gasteiger partial charge in [0.25, 0.3) is 10.6 Å². The van der Waals surface area contributed by atoms with E-state index in [-0.39, 0.29) is 11.4 Å². The van der Waals surface area contributed by atoms with Crippen LogP contribution in [0.4, 0.5) is 10.1 Å². The van der Waals surface area contributed by atoms with Crippen LogP contribution in [0.3, 0.4) is 0 Å². The minimum absolute atomic E-state index is 0.00776. The third-order valence-corrected chi connectivity index (χ3v) is 9.20. The number of fused-ring (bicyclic) bond motifs is 2. The Kier molecular flexibility index (Phi) is 5.95. The first-order valence-electron chi connectivity index (χ1n) is 10.3. The van der Waals surface area contributed by atoms with Crippen molar-refractivity contribution < 1.29 is 8.96 Å². The van der Waals surface area contributed by atoms with E-state index in [4.69, 9.17) is 11.6 Å². The average molecular weight is 517 g/mol. The molecule has 0 spiro atoms. The predicted molar refractivity (Wildman–Crippen MR) is 138 cm³/mol. The fourth-order valence-electron chi connectivity index (χ4n) is 3.76. The summed E-state index contributed by atoms with van der Waals surface area (Å²) >= 11 is 10.9. The van der Waals surface area contributed by atoms with Crippen LogP contribution >= 0.6 is 46.0 Å². The molecular weight excluding hydrogens is 497 g/mol. The van der Waals surface area contributed by atoms with Crippen LogP contribution in [0.15, 0.2) is 57.2 Å². The molecule has 0 amide bonds. The molecule has 4 aromatic rings. The molecule has 1 aliphatic rings. The molecule has 0 aliphatic carbocycles. The quantitative estimate of drug-likeness (QED) is 0.377. The normalized spacial score (nSPS) is 15.9. The maximum atomic E-state index is 13.6. The second-order valence-electron chi connectivity index (χ2n) is 7.55. The summed E-state index contributed by atoms with van der Waals surface area (Å²) in [6.07, 6.45) is 5.86. The van der Waals surface area contributed by atoms with E-state index in [0.29, 0.717) is 16.1 Å². The summed E-state index contributed by atoms with van der Waals surface area (Å²) in [5.74, 6) is -0.257. The van der Waals surface area contributed by atoms with Crippen molar-refractivity contribution in [3.8, 4) is 0 Å². The van der Waals surface area contributed by atoms with Crippen molar-refractivity contribution in [2.24, 2.45) is 7.05 Å². The minimum atomic E-state index is -0.257. The Hall–Kier alpha value is -2.39. The van der Waals surface area contributed by atoms with E-state index in [1.54, 1.807) is 33.7 Å². The van der Waals surface area contributed by atoms with Gasteiger partial charge in [-0.25, -0.2) is 4.39 Å². The number of rotatable bonds is 3. The van der Waals surface area contributed by atoms with E-state index >= 15 is 0 Å². The molecule has 0 fully saturated rings. The standard InChI is InChI=1S/C24H20ClFN3OS3/c1-4-29-23(13-22-28(3)16-11-14(25)5-7-18(16)32-22)33-20(24(29)30)9-10-21-27(2)17-12-15(26)6-8-19(17)31-21/h5-13H,4H2,1-3H3/q+1/b20-9-,21-10-. The highest BCUT2D eigenvalue weighted by Crippen LogP contribution is 2.45. The zero-order valence-electron chi connectivity index (χ0n) is 18.1. The Labute approximate surface area is 207 Å². The number of nitrogens with zero attached hydrogens (tertiary/aromatic N) is 3. The maximum absolute atomic E-state index is 13.6. The topological polar surface area (TPSA) is 29.1 Å². The Balaban J connectivity index is 1.58. The Morgan fingerprint density at radius 1 is 1.15 bits per heavy atom. The highest BCUT2D eigenvalue weighted by Gasteiger charge is 2.22. The molecule has 33 heavy (non-hydrogen) atoms. The fraction of sp³-hybridized carbons (Fsp3) is 0.167. The van der Waals surface area contributed by atoms with Crippen LogP contribution in [0.2, 0.25) is 5.02 Å². The van der Waals surface area contributed by atoms with Crippen molar-refractivity contribution in [2.75, 3.05) is 11.9 Å². The molecule has 0 N–H and O–H groups in total. The predicted octanol–water partition coefficient (Wildman–Crippen LogP) is 4.45. The van der Waals surface area contributed by atoms with Gasteiger partial charge in [-0.05, 0) is 49.4 Å². The molecule has 9 heteroatoms. The largest absolute Gasteiger partial charge is 0.338 e. The van der Waals surface area contributed by atoms with Crippen molar-refractivity contribution in [3.05, 3.63) is 82.9 Å². The van der Waals surface area contributed by atoms with Gasteiger partial charge in [0.2, 0.25) is 5.52 Å². The van der Waals surface area contributed by atoms with Gasteiger partial charge in [0, 0.05) is 29.6 Å². The van der Waals surface area contributed by atoms with Gasteiger partial charge in [-0.2, -0.15) is 4.57 Å². The fourth-order valence-corrected chi connectivity index (χ4v) is 7.15. The Morgan fingerprint density at radius 3 is 2.76 bits per heavy atom. The lowest BCUT2D eigenvalue weighted by molar-refractivity contribution is -0.642. The molecule has 168 valence electrons. The molecular formula is C24H20ClFN3OS3+. The molecule has 2 aromatic heterocycles. The zero-order valence-corrected chi connectivity index (χ0v) is 21.3. The van der Waals surface area contributed by atoms with Gasteiger partial charge < -0.3 is 4.90 Å². The lowest BCUT2D eigenvalue weighted by atomic mass is 10.3. The van der Waals surface area contributed by atoms with E-state index in [2.05, 4.69) is 10.6 Å². The van der Waals surface area contributed by atoms with Crippen LogP contribution in [0.25, 0.3) is 22.4 Å². The number of aromatic nitrogens is 2. The van der Waals surface area contributed by atoms with Crippen molar-refractivity contribution >= 4 is 74.1 Å². The highest BCUT2D eigenvalue weighted by molar-refractivity contribution is 8.03. The van der Waals surface area contributed by atoms with Crippen LogP contribution in [0, 0.1) is 5.82 Å². The molecule has 0 atom stereocenters. The number of hydrogen-bond acceptors (Lipinski definition) is 5. The summed E-state index contributed by atoms with van der Waals surface area (Å²) in [4.78, 5) is 16.0. The number of thioether (sulfide) groups is 1. The summed E-state index contributed by atoms with van der Waals surface area (Å²) in [6, 6.07) is 10.7. The summed E-state index contributed by atoms with van der Waals surface area (Å²) in [7, 11) is 3.91. The van der Waals surface area contributed by atoms with Gasteiger partial charge in [0.15, 0.2) is 0 Å². The Morgan fingerprint density at radius 2 is 1.97 bits per heavy atom. The third kappa shape index (κ3) is 4.05. The zero-order chi connectivity index (χ0) is 23.3. The van der Waals surface area contributed by atoms with Crippen molar-refractivity contribution in [3.63, 3.8) is 0 Å². The maximum Gasteiger partial charge on any atom is 0.269 e. The average Bonchev–Trinajstić information content (AvgIpc) is 3.38. The van der Waals surface area contributed by atoms with Crippen LogP contribution in [0.5, 0.6) is 0 Å².